The van der Waals surface area contributed by atoms with Crippen molar-refractivity contribution in [1.29, 1.82) is 0 Å². The molecule has 0 spiro atoms. The molecule has 1 fully saturated rings. The summed E-state index contributed by atoms with van der Waals surface area (Å²) in [6, 6.07) is 10.9. The summed E-state index contributed by atoms with van der Waals surface area (Å²) < 4.78 is 26.8. The molecule has 3 aromatic rings. The Kier molecular flexibility index (Phi) is 5.25. The monoisotopic (exact) mass is 382 g/mol. The molecule has 0 amide bonds. The number of H-pyrrole nitrogens is 1. The lowest BCUT2D eigenvalue weighted by Gasteiger charge is -2.35. The standard InChI is InChI=1S/C21H20F2N4O/c22-15-8-7-14(11-16(15)23)13-27-10-4-2-6-19(27)18-12-20(28)26-21(25-18)17-5-1-3-9-24-17/h1,3,5,7-9,11-12,19H,2,4,6,10,13H2,(H,25,26,28)/t19-/m1/s1. The number of nitrogens with zero attached hydrogens (tertiary/aromatic N) is 3. The second kappa shape index (κ2) is 7.98. The number of piperidine rings is 1. The number of hydrogen-bond acceptors (Lipinski definition) is 4. The molecule has 0 unspecified atom stereocenters. The first kappa shape index (κ1) is 18.4. The maximum Gasteiger partial charge on any atom is 0.251 e. The fourth-order valence-corrected chi connectivity index (χ4v) is 3.66. The summed E-state index contributed by atoms with van der Waals surface area (Å²) >= 11 is 0. The van der Waals surface area contributed by atoms with Crippen LogP contribution in [0.5, 0.6) is 0 Å². The van der Waals surface area contributed by atoms with Gasteiger partial charge in [0, 0.05) is 18.8 Å². The van der Waals surface area contributed by atoms with Crippen LogP contribution in [0.15, 0.2) is 53.5 Å². The average molecular weight is 382 g/mol. The van der Waals surface area contributed by atoms with Crippen LogP contribution in [0.4, 0.5) is 8.78 Å². The van der Waals surface area contributed by atoms with Crippen molar-refractivity contribution in [3.8, 4) is 11.5 Å². The zero-order chi connectivity index (χ0) is 19.5. The van der Waals surface area contributed by atoms with Gasteiger partial charge in [0.05, 0.1) is 11.7 Å². The van der Waals surface area contributed by atoms with Gasteiger partial charge in [0.25, 0.3) is 5.56 Å². The molecule has 1 aliphatic heterocycles. The molecule has 3 heterocycles. The number of benzene rings is 1. The van der Waals surface area contributed by atoms with Gasteiger partial charge >= 0.3 is 0 Å². The number of aromatic amines is 1. The van der Waals surface area contributed by atoms with E-state index in [0.717, 1.165) is 31.9 Å². The Morgan fingerprint density at radius 1 is 1.11 bits per heavy atom. The van der Waals surface area contributed by atoms with E-state index in [9.17, 15) is 13.6 Å². The minimum Gasteiger partial charge on any atom is -0.305 e. The molecule has 1 saturated heterocycles. The lowest BCUT2D eigenvalue weighted by Crippen LogP contribution is -2.34. The van der Waals surface area contributed by atoms with E-state index in [1.54, 1.807) is 24.4 Å². The Bertz CT molecular complexity index is 1020. The SMILES string of the molecule is O=c1cc([C@H]2CCCCN2Cc2ccc(F)c(F)c2)nc(-c2ccccn2)[nH]1. The van der Waals surface area contributed by atoms with Crippen LogP contribution in [-0.2, 0) is 6.54 Å². The molecule has 0 bridgehead atoms. The zero-order valence-corrected chi connectivity index (χ0v) is 15.2. The third-order valence-corrected chi connectivity index (χ3v) is 4.99. The Labute approximate surface area is 161 Å². The Morgan fingerprint density at radius 3 is 2.79 bits per heavy atom. The molecule has 1 N–H and O–H groups in total. The summed E-state index contributed by atoms with van der Waals surface area (Å²) in [5.74, 6) is -1.27. The first-order valence-electron chi connectivity index (χ1n) is 9.31. The molecule has 1 atom stereocenters. The van der Waals surface area contributed by atoms with E-state index in [1.807, 2.05) is 6.07 Å². The fourth-order valence-electron chi connectivity index (χ4n) is 3.66. The third-order valence-electron chi connectivity index (χ3n) is 4.99. The minimum absolute atomic E-state index is 0.0633. The van der Waals surface area contributed by atoms with Crippen LogP contribution < -0.4 is 5.56 Å². The van der Waals surface area contributed by atoms with Gasteiger partial charge in [-0.15, -0.1) is 0 Å². The number of pyridine rings is 1. The zero-order valence-electron chi connectivity index (χ0n) is 15.2. The molecule has 0 aliphatic carbocycles. The summed E-state index contributed by atoms with van der Waals surface area (Å²) in [5.41, 5.74) is 1.74. The predicted octanol–water partition coefficient (Wildman–Crippen LogP) is 3.84. The van der Waals surface area contributed by atoms with Crippen molar-refractivity contribution in [3.05, 3.63) is 81.9 Å². The van der Waals surface area contributed by atoms with Gasteiger partial charge in [0.15, 0.2) is 17.5 Å². The van der Waals surface area contributed by atoms with Gasteiger partial charge in [-0.1, -0.05) is 18.6 Å². The molecule has 0 saturated carbocycles. The molecular weight excluding hydrogens is 362 g/mol. The Hall–Kier alpha value is -2.93. The summed E-state index contributed by atoms with van der Waals surface area (Å²) in [5, 5.41) is 0. The molecule has 2 aromatic heterocycles. The van der Waals surface area contributed by atoms with Gasteiger partial charge in [0.2, 0.25) is 0 Å². The van der Waals surface area contributed by atoms with E-state index < -0.39 is 11.6 Å². The van der Waals surface area contributed by atoms with Gasteiger partial charge in [0.1, 0.15) is 5.69 Å². The predicted molar refractivity (Wildman–Crippen MR) is 101 cm³/mol. The molecule has 4 rings (SSSR count). The molecule has 1 aromatic carbocycles. The normalized spacial score (nSPS) is 17.6. The van der Waals surface area contributed by atoms with Crippen LogP contribution in [0.3, 0.4) is 0 Å². The van der Waals surface area contributed by atoms with Gasteiger partial charge in [-0.3, -0.25) is 14.7 Å². The van der Waals surface area contributed by atoms with E-state index in [1.165, 1.54) is 12.1 Å². The largest absolute Gasteiger partial charge is 0.305 e. The molecule has 0 radical (unpaired) electrons. The van der Waals surface area contributed by atoms with Crippen molar-refractivity contribution in [2.24, 2.45) is 0 Å². The highest BCUT2D eigenvalue weighted by molar-refractivity contribution is 5.48. The number of halogens is 2. The van der Waals surface area contributed by atoms with E-state index >= 15 is 0 Å². The molecule has 5 nitrogen and oxygen atoms in total. The number of aromatic nitrogens is 3. The van der Waals surface area contributed by atoms with E-state index in [0.29, 0.717) is 29.3 Å². The second-order valence-electron chi connectivity index (χ2n) is 6.96. The third kappa shape index (κ3) is 3.99. The Balaban J connectivity index is 1.65. The highest BCUT2D eigenvalue weighted by Crippen LogP contribution is 2.31. The Morgan fingerprint density at radius 2 is 2.00 bits per heavy atom. The second-order valence-corrected chi connectivity index (χ2v) is 6.96. The van der Waals surface area contributed by atoms with Crippen LogP contribution in [0.1, 0.15) is 36.6 Å². The van der Waals surface area contributed by atoms with Crippen molar-refractivity contribution in [2.75, 3.05) is 6.54 Å². The lowest BCUT2D eigenvalue weighted by molar-refractivity contribution is 0.137. The van der Waals surface area contributed by atoms with Crippen molar-refractivity contribution in [2.45, 2.75) is 31.8 Å². The maximum atomic E-state index is 13.6. The molecule has 1 aliphatic rings. The van der Waals surface area contributed by atoms with Crippen molar-refractivity contribution in [3.63, 3.8) is 0 Å². The summed E-state index contributed by atoms with van der Waals surface area (Å²) in [4.78, 5) is 26.1. The van der Waals surface area contributed by atoms with E-state index in [-0.39, 0.29) is 11.6 Å². The lowest BCUT2D eigenvalue weighted by atomic mass is 9.98. The van der Waals surface area contributed by atoms with Crippen LogP contribution in [-0.4, -0.2) is 26.4 Å². The summed E-state index contributed by atoms with van der Waals surface area (Å²) in [6.45, 7) is 1.27. The highest BCUT2D eigenvalue weighted by Gasteiger charge is 2.26. The van der Waals surface area contributed by atoms with Crippen molar-refractivity contribution in [1.82, 2.24) is 19.9 Å². The quantitative estimate of drug-likeness (QED) is 0.745. The van der Waals surface area contributed by atoms with E-state index in [2.05, 4.69) is 19.9 Å². The number of likely N-dealkylation sites (tertiary alicyclic amines) is 1. The highest BCUT2D eigenvalue weighted by atomic mass is 19.2. The van der Waals surface area contributed by atoms with Crippen LogP contribution in [0, 0.1) is 11.6 Å². The summed E-state index contributed by atoms with van der Waals surface area (Å²) in [7, 11) is 0. The first-order valence-corrected chi connectivity index (χ1v) is 9.31. The average Bonchev–Trinajstić information content (AvgIpc) is 2.71. The van der Waals surface area contributed by atoms with Gasteiger partial charge in [-0.05, 0) is 49.2 Å². The van der Waals surface area contributed by atoms with E-state index in [4.69, 9.17) is 0 Å². The minimum atomic E-state index is -0.852. The number of rotatable bonds is 4. The van der Waals surface area contributed by atoms with Crippen LogP contribution >= 0.6 is 0 Å². The fraction of sp³-hybridized carbons (Fsp3) is 0.286. The van der Waals surface area contributed by atoms with Crippen molar-refractivity contribution >= 4 is 0 Å². The maximum absolute atomic E-state index is 13.6. The van der Waals surface area contributed by atoms with Crippen LogP contribution in [0.25, 0.3) is 11.5 Å². The van der Waals surface area contributed by atoms with Crippen molar-refractivity contribution < 1.29 is 8.78 Å². The topological polar surface area (TPSA) is 61.9 Å². The van der Waals surface area contributed by atoms with Crippen LogP contribution in [0.2, 0.25) is 0 Å². The summed E-state index contributed by atoms with van der Waals surface area (Å²) in [6.07, 6.45) is 4.53. The van der Waals surface area contributed by atoms with Gasteiger partial charge in [-0.2, -0.15) is 0 Å². The molecular formula is C21H20F2N4O. The number of nitrogens with one attached hydrogen (secondary N) is 1. The first-order chi connectivity index (χ1) is 13.6. The van der Waals surface area contributed by atoms with Gasteiger partial charge < -0.3 is 4.98 Å². The van der Waals surface area contributed by atoms with Gasteiger partial charge in [-0.25, -0.2) is 13.8 Å². The molecule has 28 heavy (non-hydrogen) atoms. The smallest absolute Gasteiger partial charge is 0.251 e. The molecule has 7 heteroatoms. The molecule has 144 valence electrons. The number of hydrogen-bond donors (Lipinski definition) is 1.